The summed E-state index contributed by atoms with van der Waals surface area (Å²) in [4.78, 5) is 13.7. The Morgan fingerprint density at radius 1 is 1.08 bits per heavy atom. The molecule has 3 saturated heterocycles. The van der Waals surface area contributed by atoms with E-state index in [0.29, 0.717) is 25.0 Å². The van der Waals surface area contributed by atoms with Crippen molar-refractivity contribution in [2.45, 2.75) is 114 Å². The standard InChI is InChI=1S/C28H50N6O3/c29-14-7-20-6-13-28(11-3-4-12-28)10-2-1-5-22(33-17-20)25(26(30)31)27(35)34-23-18-32-15-8-24(23)37-21-9-16-36-19-21/h20-26,32-33H,1-13,15-19,30-31H2,(H,34,35). The third-order valence-electron chi connectivity index (χ3n) is 9.42. The predicted molar refractivity (Wildman–Crippen MR) is 143 cm³/mol. The number of nitrogens with one attached hydrogen (secondary N) is 3. The van der Waals surface area contributed by atoms with Gasteiger partial charge in [0.1, 0.15) is 0 Å². The van der Waals surface area contributed by atoms with Crippen LogP contribution >= 0.6 is 0 Å². The molecule has 9 nitrogen and oxygen atoms in total. The van der Waals surface area contributed by atoms with Gasteiger partial charge in [-0.1, -0.05) is 25.7 Å². The number of ether oxygens (including phenoxy) is 2. The molecular weight excluding hydrogens is 468 g/mol. The van der Waals surface area contributed by atoms with Gasteiger partial charge in [0.05, 0.1) is 43.0 Å². The van der Waals surface area contributed by atoms with Crippen LogP contribution in [0.4, 0.5) is 0 Å². The molecule has 0 aromatic rings. The van der Waals surface area contributed by atoms with Crippen molar-refractivity contribution in [3.05, 3.63) is 0 Å². The van der Waals surface area contributed by atoms with E-state index in [0.717, 1.165) is 51.8 Å². The van der Waals surface area contributed by atoms with E-state index >= 15 is 0 Å². The second-order valence-corrected chi connectivity index (χ2v) is 12.1. The fourth-order valence-electron chi connectivity index (χ4n) is 7.17. The van der Waals surface area contributed by atoms with Crippen LogP contribution in [0.5, 0.6) is 0 Å². The van der Waals surface area contributed by atoms with Crippen molar-refractivity contribution < 1.29 is 14.3 Å². The van der Waals surface area contributed by atoms with Crippen LogP contribution in [0.25, 0.3) is 0 Å². The van der Waals surface area contributed by atoms with Crippen molar-refractivity contribution in [2.75, 3.05) is 32.8 Å². The highest BCUT2D eigenvalue weighted by atomic mass is 16.6. The summed E-state index contributed by atoms with van der Waals surface area (Å²) in [6, 6.07) is 2.16. The molecule has 1 aliphatic carbocycles. The maximum absolute atomic E-state index is 13.7. The summed E-state index contributed by atoms with van der Waals surface area (Å²) in [6.45, 7) is 3.62. The van der Waals surface area contributed by atoms with Crippen LogP contribution in [0.3, 0.4) is 0 Å². The Bertz CT molecular complexity index is 747. The predicted octanol–water partition coefficient (Wildman–Crippen LogP) is 1.90. The highest BCUT2D eigenvalue weighted by Gasteiger charge is 2.38. The first-order valence-electron chi connectivity index (χ1n) is 14.9. The van der Waals surface area contributed by atoms with Gasteiger partial charge in [0.15, 0.2) is 0 Å². The average Bonchev–Trinajstić information content (AvgIpc) is 3.56. The zero-order chi connectivity index (χ0) is 26.1. The Kier molecular flexibility index (Phi) is 11.0. The van der Waals surface area contributed by atoms with Crippen molar-refractivity contribution in [1.29, 1.82) is 5.26 Å². The first-order chi connectivity index (χ1) is 18.0. The Morgan fingerprint density at radius 2 is 1.86 bits per heavy atom. The Balaban J connectivity index is 1.42. The summed E-state index contributed by atoms with van der Waals surface area (Å²) < 4.78 is 11.8. The van der Waals surface area contributed by atoms with Gasteiger partial charge in [-0.15, -0.1) is 0 Å². The molecule has 0 radical (unpaired) electrons. The van der Waals surface area contributed by atoms with Crippen molar-refractivity contribution in [3.8, 4) is 6.07 Å². The molecule has 4 aliphatic rings. The molecule has 1 amide bonds. The number of nitrogens with zero attached hydrogens (tertiary/aromatic N) is 1. The summed E-state index contributed by atoms with van der Waals surface area (Å²) in [5.74, 6) is -0.354. The molecule has 0 bridgehead atoms. The number of amides is 1. The van der Waals surface area contributed by atoms with E-state index in [9.17, 15) is 10.1 Å². The molecule has 210 valence electrons. The van der Waals surface area contributed by atoms with E-state index in [-0.39, 0.29) is 36.1 Å². The summed E-state index contributed by atoms with van der Waals surface area (Å²) in [6.07, 6.45) is 13.5. The second kappa shape index (κ2) is 14.2. The summed E-state index contributed by atoms with van der Waals surface area (Å²) >= 11 is 0. The first kappa shape index (κ1) is 28.7. The molecule has 6 unspecified atom stereocenters. The lowest BCUT2D eigenvalue weighted by Crippen LogP contribution is -2.61. The zero-order valence-corrected chi connectivity index (χ0v) is 22.6. The smallest absolute Gasteiger partial charge is 0.227 e. The Hall–Kier alpha value is -1.28. The summed E-state index contributed by atoms with van der Waals surface area (Å²) in [5.41, 5.74) is 13.0. The Morgan fingerprint density at radius 3 is 2.57 bits per heavy atom. The highest BCUT2D eigenvalue weighted by molar-refractivity contribution is 5.80. The number of nitriles is 1. The molecule has 9 heteroatoms. The molecule has 3 heterocycles. The van der Waals surface area contributed by atoms with Crippen molar-refractivity contribution in [1.82, 2.24) is 16.0 Å². The van der Waals surface area contributed by atoms with Crippen LogP contribution in [-0.2, 0) is 14.3 Å². The van der Waals surface area contributed by atoms with E-state index in [1.165, 1.54) is 44.9 Å². The molecule has 3 aliphatic heterocycles. The third-order valence-corrected chi connectivity index (χ3v) is 9.42. The molecular formula is C28H50N6O3. The van der Waals surface area contributed by atoms with Crippen LogP contribution in [-0.4, -0.2) is 69.2 Å². The number of piperidine rings is 1. The molecule has 1 spiro atoms. The molecule has 0 aromatic carbocycles. The van der Waals surface area contributed by atoms with Gasteiger partial charge in [-0.3, -0.25) is 4.79 Å². The third kappa shape index (κ3) is 8.11. The molecule has 6 atom stereocenters. The van der Waals surface area contributed by atoms with Crippen LogP contribution in [0, 0.1) is 28.6 Å². The van der Waals surface area contributed by atoms with Crippen LogP contribution in [0.2, 0.25) is 0 Å². The minimum Gasteiger partial charge on any atom is -0.379 e. The van der Waals surface area contributed by atoms with Gasteiger partial charge in [-0.05, 0) is 75.8 Å². The van der Waals surface area contributed by atoms with E-state index in [4.69, 9.17) is 20.9 Å². The second-order valence-electron chi connectivity index (χ2n) is 12.1. The van der Waals surface area contributed by atoms with E-state index in [1.807, 2.05) is 0 Å². The zero-order valence-electron chi connectivity index (χ0n) is 22.6. The largest absolute Gasteiger partial charge is 0.379 e. The fraction of sp³-hybridized carbons (Fsp3) is 0.929. The van der Waals surface area contributed by atoms with Crippen LogP contribution in [0.1, 0.15) is 83.5 Å². The lowest BCUT2D eigenvalue weighted by Gasteiger charge is -2.37. The molecule has 0 aromatic heterocycles. The minimum absolute atomic E-state index is 0.0466. The number of nitrogens with two attached hydrogens (primary N) is 2. The average molecular weight is 519 g/mol. The minimum atomic E-state index is -0.766. The molecule has 4 rings (SSSR count). The van der Waals surface area contributed by atoms with Crippen molar-refractivity contribution in [3.63, 3.8) is 0 Å². The maximum Gasteiger partial charge on any atom is 0.227 e. The quantitative estimate of drug-likeness (QED) is 0.321. The monoisotopic (exact) mass is 518 g/mol. The number of carbonyl (C=O) groups is 1. The molecule has 4 fully saturated rings. The van der Waals surface area contributed by atoms with Crippen LogP contribution in [0.15, 0.2) is 0 Å². The van der Waals surface area contributed by atoms with Gasteiger partial charge in [0.25, 0.3) is 0 Å². The van der Waals surface area contributed by atoms with E-state index in [1.54, 1.807) is 0 Å². The van der Waals surface area contributed by atoms with E-state index in [2.05, 4.69) is 22.0 Å². The van der Waals surface area contributed by atoms with Gasteiger partial charge < -0.3 is 36.9 Å². The van der Waals surface area contributed by atoms with Gasteiger partial charge >= 0.3 is 0 Å². The SMILES string of the molecule is N#CCC1CCC2(CCCCC(C(C(=O)NC3CNCCC3OC3CCOC3)C(N)N)NC1)CCCC2. The number of carbonyl (C=O) groups excluding carboxylic acids is 1. The summed E-state index contributed by atoms with van der Waals surface area (Å²) in [5, 5.41) is 19.8. The van der Waals surface area contributed by atoms with Gasteiger partial charge in [-0.25, -0.2) is 0 Å². The molecule has 37 heavy (non-hydrogen) atoms. The Labute approximate surface area is 223 Å². The van der Waals surface area contributed by atoms with Crippen LogP contribution < -0.4 is 27.4 Å². The molecule has 7 N–H and O–H groups in total. The van der Waals surface area contributed by atoms with Crippen molar-refractivity contribution in [2.24, 2.45) is 28.7 Å². The van der Waals surface area contributed by atoms with Gasteiger partial charge in [-0.2, -0.15) is 5.26 Å². The van der Waals surface area contributed by atoms with Gasteiger partial charge in [0, 0.05) is 25.6 Å². The van der Waals surface area contributed by atoms with Crippen molar-refractivity contribution >= 4 is 5.91 Å². The first-order valence-corrected chi connectivity index (χ1v) is 14.9. The number of hydrogen-bond acceptors (Lipinski definition) is 8. The lowest BCUT2D eigenvalue weighted by molar-refractivity contribution is -0.130. The van der Waals surface area contributed by atoms with E-state index < -0.39 is 12.1 Å². The maximum atomic E-state index is 13.7. The molecule has 1 saturated carbocycles. The van der Waals surface area contributed by atoms with Gasteiger partial charge in [0.2, 0.25) is 5.91 Å². The topological polar surface area (TPSA) is 147 Å². The highest BCUT2D eigenvalue weighted by Crippen LogP contribution is 2.47. The fourth-order valence-corrected chi connectivity index (χ4v) is 7.17. The number of rotatable bonds is 7. The lowest BCUT2D eigenvalue weighted by atomic mass is 9.75. The summed E-state index contributed by atoms with van der Waals surface area (Å²) in [7, 11) is 0. The normalized spacial score (nSPS) is 34.1. The number of hydrogen-bond donors (Lipinski definition) is 5.